The smallest absolute Gasteiger partial charge is 0.314 e. The first-order valence-corrected chi connectivity index (χ1v) is 11.1. The Kier molecular flexibility index (Phi) is 8.18. The number of hydrogen-bond acceptors (Lipinski definition) is 3. The van der Waals surface area contributed by atoms with Crippen LogP contribution in [0, 0.1) is 0 Å². The fourth-order valence-electron chi connectivity index (χ4n) is 3.85. The third kappa shape index (κ3) is 6.35. The van der Waals surface area contributed by atoms with Gasteiger partial charge >= 0.3 is 6.03 Å². The van der Waals surface area contributed by atoms with Crippen LogP contribution in [-0.4, -0.2) is 66.4 Å². The molecule has 1 aliphatic rings. The van der Waals surface area contributed by atoms with Gasteiger partial charge in [-0.25, -0.2) is 4.79 Å². The van der Waals surface area contributed by atoms with Crippen LogP contribution in [0.4, 0.5) is 4.79 Å². The van der Waals surface area contributed by atoms with Gasteiger partial charge in [0.1, 0.15) is 0 Å². The van der Waals surface area contributed by atoms with Crippen LogP contribution in [0.25, 0.3) is 0 Å². The Morgan fingerprint density at radius 1 is 1.03 bits per heavy atom. The van der Waals surface area contributed by atoms with Crippen LogP contribution in [0.1, 0.15) is 23.6 Å². The summed E-state index contributed by atoms with van der Waals surface area (Å²) in [5.41, 5.74) is 7.52. The minimum absolute atomic E-state index is 0.0856. The number of urea groups is 1. The van der Waals surface area contributed by atoms with E-state index in [4.69, 9.17) is 28.9 Å². The first kappa shape index (κ1) is 23.4. The Balaban J connectivity index is 1.60. The van der Waals surface area contributed by atoms with Gasteiger partial charge in [-0.1, -0.05) is 53.5 Å². The maximum Gasteiger partial charge on any atom is 0.314 e. The third-order valence-corrected chi connectivity index (χ3v) is 6.33. The highest BCUT2D eigenvalue weighted by Crippen LogP contribution is 2.29. The van der Waals surface area contributed by atoms with E-state index in [-0.39, 0.29) is 11.9 Å². The Morgan fingerprint density at radius 2 is 1.68 bits per heavy atom. The monoisotopic (exact) mass is 462 g/mol. The number of primary amides is 1. The molecule has 1 aliphatic heterocycles. The van der Waals surface area contributed by atoms with Crippen molar-refractivity contribution in [3.8, 4) is 0 Å². The number of nitrogens with zero attached hydrogens (tertiary/aromatic N) is 3. The lowest BCUT2D eigenvalue weighted by Gasteiger charge is -2.40. The van der Waals surface area contributed by atoms with E-state index >= 15 is 0 Å². The Morgan fingerprint density at radius 3 is 2.29 bits per heavy atom. The maximum atomic E-state index is 12.7. The average molecular weight is 463 g/mol. The van der Waals surface area contributed by atoms with E-state index in [2.05, 4.69) is 4.90 Å². The predicted molar refractivity (Wildman–Crippen MR) is 124 cm³/mol. The molecule has 1 unspecified atom stereocenters. The third-order valence-electron chi connectivity index (χ3n) is 5.74. The van der Waals surface area contributed by atoms with E-state index in [9.17, 15) is 9.59 Å². The molecule has 0 spiro atoms. The first-order chi connectivity index (χ1) is 14.8. The van der Waals surface area contributed by atoms with Crippen LogP contribution < -0.4 is 5.73 Å². The van der Waals surface area contributed by atoms with Crippen molar-refractivity contribution in [2.24, 2.45) is 5.73 Å². The van der Waals surface area contributed by atoms with Crippen molar-refractivity contribution in [3.05, 3.63) is 69.7 Å². The summed E-state index contributed by atoms with van der Waals surface area (Å²) in [7, 11) is 1.68. The molecular weight excluding hydrogens is 435 g/mol. The topological polar surface area (TPSA) is 69.9 Å². The molecule has 1 saturated heterocycles. The van der Waals surface area contributed by atoms with Gasteiger partial charge in [-0.2, -0.15) is 0 Å². The lowest BCUT2D eigenvalue weighted by Crippen LogP contribution is -2.51. The van der Waals surface area contributed by atoms with Crippen LogP contribution in [0.3, 0.4) is 0 Å². The zero-order valence-electron chi connectivity index (χ0n) is 17.6. The lowest BCUT2D eigenvalue weighted by molar-refractivity contribution is -0.133. The quantitative estimate of drug-likeness (QED) is 0.679. The number of carbonyl (C=O) groups is 2. The fourth-order valence-corrected chi connectivity index (χ4v) is 4.24. The molecule has 0 bridgehead atoms. The van der Waals surface area contributed by atoms with E-state index in [1.807, 2.05) is 53.4 Å². The van der Waals surface area contributed by atoms with E-state index < -0.39 is 6.03 Å². The molecule has 2 N–H and O–H groups in total. The predicted octanol–water partition coefficient (Wildman–Crippen LogP) is 3.82. The number of carbonyl (C=O) groups excluding carboxylic acids is 2. The number of hydrogen-bond donors (Lipinski definition) is 1. The van der Waals surface area contributed by atoms with Crippen molar-refractivity contribution >= 4 is 35.1 Å². The summed E-state index contributed by atoms with van der Waals surface area (Å²) in [5, 5.41) is 1.35. The van der Waals surface area contributed by atoms with Crippen LogP contribution in [0.15, 0.2) is 48.5 Å². The molecule has 6 nitrogen and oxygen atoms in total. The second kappa shape index (κ2) is 10.8. The second-order valence-corrected chi connectivity index (χ2v) is 8.64. The molecule has 8 heteroatoms. The van der Waals surface area contributed by atoms with Crippen molar-refractivity contribution < 1.29 is 9.59 Å². The number of piperazine rings is 1. The van der Waals surface area contributed by atoms with Gasteiger partial charge in [0.2, 0.25) is 5.91 Å². The Labute approximate surface area is 193 Å². The van der Waals surface area contributed by atoms with Crippen molar-refractivity contribution in [1.82, 2.24) is 14.7 Å². The van der Waals surface area contributed by atoms with Gasteiger partial charge in [0.15, 0.2) is 0 Å². The van der Waals surface area contributed by atoms with Crippen molar-refractivity contribution in [2.75, 3.05) is 39.8 Å². The summed E-state index contributed by atoms with van der Waals surface area (Å²) >= 11 is 12.4. The van der Waals surface area contributed by atoms with Crippen molar-refractivity contribution in [2.45, 2.75) is 18.9 Å². The van der Waals surface area contributed by atoms with Gasteiger partial charge in [-0.15, -0.1) is 0 Å². The molecule has 1 atom stereocenters. The number of nitrogens with two attached hydrogens (primary N) is 1. The standard InChI is InChI=1S/C23H28Cl2N4O2/c1-27(23(26)31)16-21(19-4-2-3-5-20(19)25)28-12-14-29(15-13-28)22(30)11-8-17-6-9-18(24)10-7-17/h2-7,9-10,21H,8,11-16H2,1H3,(H2,26,31). The Hall–Kier alpha value is -2.28. The molecule has 0 aliphatic carbocycles. The average Bonchev–Trinajstić information content (AvgIpc) is 2.77. The molecule has 3 amide bonds. The van der Waals surface area contributed by atoms with Crippen LogP contribution >= 0.6 is 23.2 Å². The van der Waals surface area contributed by atoms with Gasteiger partial charge in [0.05, 0.1) is 6.04 Å². The Bertz CT molecular complexity index is 899. The summed E-state index contributed by atoms with van der Waals surface area (Å²) in [6, 6.07) is 14.7. The number of amides is 3. The van der Waals surface area contributed by atoms with Gasteiger partial charge in [0.25, 0.3) is 0 Å². The summed E-state index contributed by atoms with van der Waals surface area (Å²) in [6.45, 7) is 3.12. The van der Waals surface area contributed by atoms with Crippen LogP contribution in [0.5, 0.6) is 0 Å². The summed E-state index contributed by atoms with van der Waals surface area (Å²) in [4.78, 5) is 30.0. The van der Waals surface area contributed by atoms with E-state index in [1.54, 1.807) is 7.05 Å². The number of benzene rings is 2. The largest absolute Gasteiger partial charge is 0.351 e. The highest BCUT2D eigenvalue weighted by molar-refractivity contribution is 6.31. The highest BCUT2D eigenvalue weighted by Gasteiger charge is 2.29. The fraction of sp³-hybridized carbons (Fsp3) is 0.391. The molecule has 3 rings (SSSR count). The van der Waals surface area contributed by atoms with Gasteiger partial charge < -0.3 is 15.5 Å². The minimum atomic E-state index is -0.479. The van der Waals surface area contributed by atoms with Crippen LogP contribution in [0.2, 0.25) is 10.0 Å². The maximum absolute atomic E-state index is 12.7. The molecular formula is C23H28Cl2N4O2. The number of halogens is 2. The van der Waals surface area contributed by atoms with Gasteiger partial charge in [-0.05, 0) is 35.7 Å². The van der Waals surface area contributed by atoms with Crippen LogP contribution in [-0.2, 0) is 11.2 Å². The molecule has 1 fully saturated rings. The lowest BCUT2D eigenvalue weighted by atomic mass is 10.0. The van der Waals surface area contributed by atoms with Gasteiger partial charge in [0, 0.05) is 56.2 Å². The molecule has 166 valence electrons. The molecule has 1 heterocycles. The zero-order chi connectivity index (χ0) is 22.4. The zero-order valence-corrected chi connectivity index (χ0v) is 19.1. The van der Waals surface area contributed by atoms with Crippen molar-refractivity contribution in [3.63, 3.8) is 0 Å². The molecule has 2 aromatic rings. The summed E-state index contributed by atoms with van der Waals surface area (Å²) in [5.74, 6) is 0.151. The SMILES string of the molecule is CN(CC(c1ccccc1Cl)N1CCN(C(=O)CCc2ccc(Cl)cc2)CC1)C(N)=O. The number of rotatable bonds is 7. The number of aryl methyl sites for hydroxylation is 1. The molecule has 31 heavy (non-hydrogen) atoms. The highest BCUT2D eigenvalue weighted by atomic mass is 35.5. The normalized spacial score (nSPS) is 15.5. The molecule has 0 saturated carbocycles. The first-order valence-electron chi connectivity index (χ1n) is 10.4. The van der Waals surface area contributed by atoms with E-state index in [1.165, 1.54) is 4.90 Å². The summed E-state index contributed by atoms with van der Waals surface area (Å²) < 4.78 is 0. The van der Waals surface area contributed by atoms with E-state index in [0.29, 0.717) is 55.6 Å². The van der Waals surface area contributed by atoms with Gasteiger partial charge in [-0.3, -0.25) is 9.69 Å². The molecule has 0 radical (unpaired) electrons. The number of likely N-dealkylation sites (N-methyl/N-ethyl adjacent to an activating group) is 1. The summed E-state index contributed by atoms with van der Waals surface area (Å²) in [6.07, 6.45) is 1.17. The van der Waals surface area contributed by atoms with Crippen molar-refractivity contribution in [1.29, 1.82) is 0 Å². The molecule has 2 aromatic carbocycles. The second-order valence-electron chi connectivity index (χ2n) is 7.80. The minimum Gasteiger partial charge on any atom is -0.351 e. The molecule has 0 aromatic heterocycles. The van der Waals surface area contributed by atoms with E-state index in [0.717, 1.165) is 11.1 Å².